The summed E-state index contributed by atoms with van der Waals surface area (Å²) in [7, 11) is 1.96. The summed E-state index contributed by atoms with van der Waals surface area (Å²) >= 11 is 6.15. The molecule has 0 saturated carbocycles. The van der Waals surface area contributed by atoms with Crippen molar-refractivity contribution in [1.82, 2.24) is 9.47 Å². The molecule has 3 aromatic rings. The van der Waals surface area contributed by atoms with Crippen LogP contribution >= 0.6 is 11.6 Å². The number of hydrogen-bond acceptors (Lipinski definition) is 3. The lowest BCUT2D eigenvalue weighted by atomic mass is 9.59. The van der Waals surface area contributed by atoms with Crippen LogP contribution in [0.2, 0.25) is 5.02 Å². The summed E-state index contributed by atoms with van der Waals surface area (Å²) in [6.45, 7) is 1.06. The van der Waals surface area contributed by atoms with Crippen molar-refractivity contribution in [3.05, 3.63) is 88.7 Å². The number of anilines is 1. The number of nitrogens with zero attached hydrogens (tertiary/aromatic N) is 2. The highest BCUT2D eigenvalue weighted by Crippen LogP contribution is 2.65. The fourth-order valence-corrected chi connectivity index (χ4v) is 6.31. The molecule has 3 aliphatic rings. The maximum absolute atomic E-state index is 14.1. The lowest BCUT2D eigenvalue weighted by Gasteiger charge is -2.43. The third-order valence-corrected chi connectivity index (χ3v) is 7.57. The fraction of sp³-hybridized carbons (Fsp3) is 0.250. The number of fused-ring (bicyclic) bond motifs is 4. The molecule has 1 aromatic heterocycles. The maximum Gasteiger partial charge on any atom is 0.250 e. The average molecular weight is 418 g/mol. The molecule has 30 heavy (non-hydrogen) atoms. The Balaban J connectivity index is 1.66. The van der Waals surface area contributed by atoms with Crippen molar-refractivity contribution in [1.29, 1.82) is 0 Å². The summed E-state index contributed by atoms with van der Waals surface area (Å²) in [5, 5.41) is 3.72. The number of carbonyl (C=O) groups is 2. The van der Waals surface area contributed by atoms with Crippen LogP contribution in [0.25, 0.3) is 0 Å². The minimum Gasteiger partial charge on any atom is -0.344 e. The Bertz CT molecular complexity index is 1220. The second-order valence-corrected chi connectivity index (χ2v) is 8.95. The predicted octanol–water partition coefficient (Wildman–Crippen LogP) is 3.90. The molecule has 4 heterocycles. The highest BCUT2D eigenvalue weighted by Gasteiger charge is 2.75. The highest BCUT2D eigenvalue weighted by molar-refractivity contribution is 6.30. The predicted molar refractivity (Wildman–Crippen MR) is 115 cm³/mol. The molecule has 1 N–H and O–H groups in total. The number of benzene rings is 2. The van der Waals surface area contributed by atoms with E-state index in [2.05, 4.69) is 10.2 Å². The molecule has 2 aromatic carbocycles. The third kappa shape index (κ3) is 1.88. The van der Waals surface area contributed by atoms with E-state index in [1.165, 1.54) is 0 Å². The van der Waals surface area contributed by atoms with E-state index >= 15 is 0 Å². The van der Waals surface area contributed by atoms with Gasteiger partial charge in [-0.05, 0) is 42.9 Å². The van der Waals surface area contributed by atoms with E-state index in [0.717, 1.165) is 16.8 Å². The molecule has 0 radical (unpaired) electrons. The molecule has 6 heteroatoms. The first-order valence-corrected chi connectivity index (χ1v) is 10.5. The second kappa shape index (κ2) is 5.84. The van der Waals surface area contributed by atoms with Gasteiger partial charge in [0.2, 0.25) is 0 Å². The second-order valence-electron chi connectivity index (χ2n) is 8.52. The van der Waals surface area contributed by atoms with Gasteiger partial charge in [0, 0.05) is 41.5 Å². The van der Waals surface area contributed by atoms with Crippen LogP contribution in [0.3, 0.4) is 0 Å². The number of likely N-dealkylation sites (N-methyl/N-ethyl adjacent to an activating group) is 1. The Morgan fingerprint density at radius 1 is 1.03 bits per heavy atom. The number of hydrogen-bond donors (Lipinski definition) is 1. The van der Waals surface area contributed by atoms with Crippen LogP contribution in [0.15, 0.2) is 66.9 Å². The molecule has 1 amide bonds. The van der Waals surface area contributed by atoms with Gasteiger partial charge in [-0.2, -0.15) is 0 Å². The molecular formula is C24H20ClN3O2. The molecule has 0 unspecified atom stereocenters. The molecule has 3 aliphatic heterocycles. The largest absolute Gasteiger partial charge is 0.344 e. The van der Waals surface area contributed by atoms with Crippen molar-refractivity contribution in [3.8, 4) is 0 Å². The van der Waals surface area contributed by atoms with Crippen molar-refractivity contribution in [3.63, 3.8) is 0 Å². The van der Waals surface area contributed by atoms with Gasteiger partial charge < -0.3 is 9.88 Å². The molecule has 1 fully saturated rings. The number of likely N-dealkylation sites (tertiary alicyclic amines) is 1. The van der Waals surface area contributed by atoms with Gasteiger partial charge in [0.25, 0.3) is 5.91 Å². The molecule has 3 atom stereocenters. The van der Waals surface area contributed by atoms with Gasteiger partial charge in [-0.1, -0.05) is 41.9 Å². The van der Waals surface area contributed by atoms with Crippen molar-refractivity contribution in [2.24, 2.45) is 5.41 Å². The minimum atomic E-state index is -1.07. The average Bonchev–Trinajstić information content (AvgIpc) is 3.44. The van der Waals surface area contributed by atoms with E-state index < -0.39 is 11.0 Å². The molecule has 2 spiro atoms. The van der Waals surface area contributed by atoms with Crippen LogP contribution in [-0.4, -0.2) is 34.7 Å². The Labute approximate surface area is 179 Å². The van der Waals surface area contributed by atoms with E-state index in [1.54, 1.807) is 0 Å². The number of amides is 1. The Morgan fingerprint density at radius 2 is 1.80 bits per heavy atom. The van der Waals surface area contributed by atoms with Crippen LogP contribution in [-0.2, 0) is 16.9 Å². The highest BCUT2D eigenvalue weighted by atomic mass is 35.5. The van der Waals surface area contributed by atoms with E-state index in [0.29, 0.717) is 23.8 Å². The Kier molecular flexibility index (Phi) is 3.49. The number of halogens is 1. The third-order valence-electron chi connectivity index (χ3n) is 7.32. The summed E-state index contributed by atoms with van der Waals surface area (Å²) < 4.78 is 2.00. The van der Waals surface area contributed by atoms with Crippen molar-refractivity contribution < 1.29 is 9.59 Å². The zero-order chi connectivity index (χ0) is 20.7. The number of carbonyl (C=O) groups excluding carboxylic acids is 2. The van der Waals surface area contributed by atoms with E-state index in [1.807, 2.05) is 78.5 Å². The van der Waals surface area contributed by atoms with E-state index in [4.69, 9.17) is 11.6 Å². The SMILES string of the molecule is CN1C[C@@H](c2ccc(Cl)cc2)[C@@]2(Cn3cccc3C2=O)[C@@]12C(=O)Nc1ccccc12. The molecular weight excluding hydrogens is 398 g/mol. The first-order valence-electron chi connectivity index (χ1n) is 10.1. The zero-order valence-electron chi connectivity index (χ0n) is 16.4. The Hall–Kier alpha value is -2.89. The standard InChI is InChI=1S/C24H20ClN3O2/c1-27-13-18(15-8-10-16(25)11-9-15)23(14-28-12-4-7-20(28)21(23)29)24(27)17-5-2-3-6-19(17)26-22(24)30/h2-12,18H,13-14H2,1H3,(H,26,30)/t18-,23+,24+/m0/s1. The molecule has 6 rings (SSSR count). The topological polar surface area (TPSA) is 54.3 Å². The number of ketones is 1. The quantitative estimate of drug-likeness (QED) is 0.653. The maximum atomic E-state index is 14.1. The summed E-state index contributed by atoms with van der Waals surface area (Å²) in [4.78, 5) is 30.0. The van der Waals surface area contributed by atoms with Crippen molar-refractivity contribution >= 4 is 29.0 Å². The molecule has 1 saturated heterocycles. The van der Waals surface area contributed by atoms with Gasteiger partial charge in [0.05, 0.1) is 11.1 Å². The molecule has 150 valence electrons. The lowest BCUT2D eigenvalue weighted by Crippen LogP contribution is -2.58. The van der Waals surface area contributed by atoms with Crippen LogP contribution < -0.4 is 5.32 Å². The van der Waals surface area contributed by atoms with Crippen LogP contribution in [0.4, 0.5) is 5.69 Å². The molecule has 5 nitrogen and oxygen atoms in total. The summed E-state index contributed by atoms with van der Waals surface area (Å²) in [6.07, 6.45) is 1.94. The Morgan fingerprint density at radius 3 is 2.57 bits per heavy atom. The van der Waals surface area contributed by atoms with Gasteiger partial charge in [-0.15, -0.1) is 0 Å². The van der Waals surface area contributed by atoms with E-state index in [9.17, 15) is 9.59 Å². The van der Waals surface area contributed by atoms with Crippen LogP contribution in [0, 0.1) is 5.41 Å². The van der Waals surface area contributed by atoms with Gasteiger partial charge in [0.1, 0.15) is 5.54 Å². The number of para-hydroxylation sites is 1. The first-order chi connectivity index (χ1) is 14.5. The lowest BCUT2D eigenvalue weighted by molar-refractivity contribution is -0.130. The fourth-order valence-electron chi connectivity index (χ4n) is 6.18. The molecule has 0 aliphatic carbocycles. The van der Waals surface area contributed by atoms with Gasteiger partial charge in [-0.3, -0.25) is 14.5 Å². The van der Waals surface area contributed by atoms with Gasteiger partial charge >= 0.3 is 0 Å². The summed E-state index contributed by atoms with van der Waals surface area (Å²) in [5.74, 6) is -0.241. The van der Waals surface area contributed by atoms with E-state index in [-0.39, 0.29) is 17.6 Å². The minimum absolute atomic E-state index is 0.0312. The monoisotopic (exact) mass is 417 g/mol. The normalized spacial score (nSPS) is 29.6. The number of aromatic nitrogens is 1. The number of nitrogens with one attached hydrogen (secondary N) is 1. The van der Waals surface area contributed by atoms with Crippen molar-refractivity contribution in [2.45, 2.75) is 18.0 Å². The van der Waals surface area contributed by atoms with Gasteiger partial charge in [-0.25, -0.2) is 0 Å². The number of rotatable bonds is 1. The summed E-state index contributed by atoms with van der Waals surface area (Å²) in [6, 6.07) is 19.2. The first kappa shape index (κ1) is 17.9. The smallest absolute Gasteiger partial charge is 0.250 e. The zero-order valence-corrected chi connectivity index (χ0v) is 17.2. The van der Waals surface area contributed by atoms with Crippen molar-refractivity contribution in [2.75, 3.05) is 18.9 Å². The van der Waals surface area contributed by atoms with Crippen LogP contribution in [0.1, 0.15) is 27.5 Å². The van der Waals surface area contributed by atoms with Crippen LogP contribution in [0.5, 0.6) is 0 Å². The number of Topliss-reactive ketones (excluding diaryl/α,β-unsaturated/α-hetero) is 1. The molecule has 0 bridgehead atoms. The summed E-state index contributed by atoms with van der Waals surface area (Å²) in [5.41, 5.74) is 1.36. The van der Waals surface area contributed by atoms with Gasteiger partial charge in [0.15, 0.2) is 5.78 Å².